The molecule has 0 spiro atoms. The predicted molar refractivity (Wildman–Crippen MR) is 340 cm³/mol. The number of aliphatic imine (C=N–C) groups is 1. The van der Waals surface area contributed by atoms with E-state index in [0.717, 1.165) is 0 Å². The lowest BCUT2D eigenvalue weighted by Crippen LogP contribution is -2.62. The zero-order valence-electron chi connectivity index (χ0n) is 54.1. The number of hydrogen-bond acceptors (Lipinski definition) is 16. The summed E-state index contributed by atoms with van der Waals surface area (Å²) in [7, 11) is 0. The molecule has 0 bridgehead atoms. The van der Waals surface area contributed by atoms with E-state index in [1.165, 1.54) is 41.7 Å². The number of aromatic hydroxyl groups is 1. The number of fused-ring (bicyclic) bond motifs is 1. The highest BCUT2D eigenvalue weighted by molar-refractivity contribution is 5.99. The predicted octanol–water partition coefficient (Wildman–Crippen LogP) is -1.04. The van der Waals surface area contributed by atoms with Gasteiger partial charge in [-0.3, -0.25) is 52.9 Å². The molecule has 2 aliphatic rings. The standard InChI is InChI=1S/C60H86N16O13.C2HF3O2/c1-7-64-57(87)48-15-11-23-76(48)58(88)41(14-10-22-65-59(61)62)69-51(81)42(24-33(2)3)70-56(86)47(31-89-60(4,5)6)75-52(82)43(25-34-16-18-37(78)19-17-34)71-55(85)46(30-77)74-53(83)44(26-35-28-66-39-13-9-8-12-38(35)39)72-54(84)45(27-36-29-63-32-67-36)73-50(80)40-20-21-49(79)68-40;3-2(4,5)1(6)7/h8-9,12-13,16-19,28-29,32-33,40-48,66,77-78H,7,10-11,14-15,20-27,30-31H2,1-6H3,(H,63,67)(H,64,87)(H,68,79)(H,69,81)(H,70,86)(H,71,85)(H,72,84)(H,73,80)(H,74,83)(H,75,82)(H4,61,62,65);(H,6,7)/t40?,41-,42-,43-,44-,45-,46-,47+,48-;/m0./s1. The third-order valence-electron chi connectivity index (χ3n) is 15.1. The van der Waals surface area contributed by atoms with Crippen LogP contribution in [0.1, 0.15) is 103 Å². The maximum atomic E-state index is 14.8. The molecule has 0 aliphatic carbocycles. The number of aliphatic hydroxyl groups is 1. The number of aliphatic hydroxyl groups excluding tert-OH is 1. The van der Waals surface area contributed by atoms with Gasteiger partial charge in [0, 0.05) is 74.3 Å². The maximum absolute atomic E-state index is 14.8. The lowest BCUT2D eigenvalue weighted by atomic mass is 10.0. The number of nitrogens with zero attached hydrogens (tertiary/aromatic N) is 3. The number of aromatic nitrogens is 3. The van der Waals surface area contributed by atoms with Crippen LogP contribution in [0.3, 0.4) is 0 Å². The van der Waals surface area contributed by atoms with Crippen molar-refractivity contribution in [2.75, 3.05) is 32.8 Å². The zero-order chi connectivity index (χ0) is 71.0. The highest BCUT2D eigenvalue weighted by Gasteiger charge is 2.41. The summed E-state index contributed by atoms with van der Waals surface area (Å²) < 4.78 is 37.8. The number of phenolic OH excluding ortho intramolecular Hbond substituents is 1. The summed E-state index contributed by atoms with van der Waals surface area (Å²) in [6, 6.07) is 1.02. The van der Waals surface area contributed by atoms with Gasteiger partial charge < -0.3 is 94.2 Å². The van der Waals surface area contributed by atoms with Gasteiger partial charge in [0.15, 0.2) is 5.96 Å². The van der Waals surface area contributed by atoms with Gasteiger partial charge >= 0.3 is 12.1 Å². The molecule has 18 N–H and O–H groups in total. The van der Waals surface area contributed by atoms with Crippen molar-refractivity contribution in [3.63, 3.8) is 0 Å². The van der Waals surface area contributed by atoms with Crippen molar-refractivity contribution >= 4 is 81.9 Å². The Morgan fingerprint density at radius 2 is 1.32 bits per heavy atom. The number of carbonyl (C=O) groups is 11. The van der Waals surface area contributed by atoms with Crippen LogP contribution in [0.5, 0.6) is 5.75 Å². The van der Waals surface area contributed by atoms with Gasteiger partial charge in [-0.05, 0) is 101 Å². The molecule has 0 radical (unpaired) electrons. The number of hydrogen-bond donors (Lipinski definition) is 16. The van der Waals surface area contributed by atoms with E-state index in [1.807, 2.05) is 13.8 Å². The molecule has 31 nitrogen and oxygen atoms in total. The third-order valence-corrected chi connectivity index (χ3v) is 15.1. The molecular weight excluding hydrogens is 1270 g/mol. The van der Waals surface area contributed by atoms with E-state index in [4.69, 9.17) is 26.1 Å². The first-order chi connectivity index (χ1) is 45.3. The lowest BCUT2D eigenvalue weighted by molar-refractivity contribution is -0.192. The number of guanidine groups is 1. The molecule has 2 saturated heterocycles. The van der Waals surface area contributed by atoms with Crippen LogP contribution in [0.15, 0.2) is 72.2 Å². The van der Waals surface area contributed by atoms with Gasteiger partial charge in [0.25, 0.3) is 0 Å². The van der Waals surface area contributed by atoms with Crippen molar-refractivity contribution in [1.82, 2.24) is 67.7 Å². The Bertz CT molecular complexity index is 3360. The second kappa shape index (κ2) is 36.1. The number of nitrogens with two attached hydrogens (primary N) is 2. The van der Waals surface area contributed by atoms with Crippen LogP contribution < -0.4 is 59.3 Å². The fourth-order valence-corrected chi connectivity index (χ4v) is 10.3. The number of benzene rings is 2. The Morgan fingerprint density at radius 3 is 1.90 bits per heavy atom. The van der Waals surface area contributed by atoms with E-state index in [9.17, 15) is 71.3 Å². The van der Waals surface area contributed by atoms with Crippen molar-refractivity contribution in [1.29, 1.82) is 0 Å². The van der Waals surface area contributed by atoms with Crippen LogP contribution in [0.4, 0.5) is 13.2 Å². The van der Waals surface area contributed by atoms with Gasteiger partial charge in [-0.15, -0.1) is 0 Å². The zero-order valence-corrected chi connectivity index (χ0v) is 54.1. The number of para-hydroxylation sites is 1. The summed E-state index contributed by atoms with van der Waals surface area (Å²) in [5.74, 6) is -10.5. The average Bonchev–Trinajstić information content (AvgIpc) is 1.61. The number of carboxylic acid groups (broad SMARTS) is 1. The lowest BCUT2D eigenvalue weighted by Gasteiger charge is -2.31. The van der Waals surface area contributed by atoms with E-state index in [2.05, 4.69) is 67.8 Å². The summed E-state index contributed by atoms with van der Waals surface area (Å²) in [5, 5.41) is 52.9. The summed E-state index contributed by atoms with van der Waals surface area (Å²) in [6.07, 6.45) is 0.480. The summed E-state index contributed by atoms with van der Waals surface area (Å²) in [5.41, 5.74) is 12.4. The quantitative estimate of drug-likeness (QED) is 0.0158. The minimum atomic E-state index is -5.08. The molecule has 2 fully saturated rings. The second-order valence-corrected chi connectivity index (χ2v) is 24.4. The SMILES string of the molecule is CCNC(=O)[C@@H]1CCCN1C(=O)[C@H](CCCN=C(N)N)NC(=O)[C@H](CC(C)C)NC(=O)[C@@H](COC(C)(C)C)NC(=O)[C@H](Cc1ccc(O)cc1)NC(=O)[C@H](CO)NC(=O)[C@H](Cc1c[nH]c2ccccc12)NC(=O)[C@H](Cc1cnc[nH]1)NC(=O)C1CCC(=O)N1.O=C(O)C(F)(F)F. The number of H-pyrrole nitrogens is 2. The first-order valence-corrected chi connectivity index (χ1v) is 31.2. The van der Waals surface area contributed by atoms with Gasteiger partial charge in [0.05, 0.1) is 25.1 Å². The Morgan fingerprint density at radius 1 is 0.750 bits per heavy atom. The summed E-state index contributed by atoms with van der Waals surface area (Å²) in [6.45, 7) is 9.78. The number of amides is 10. The molecule has 9 atom stereocenters. The molecule has 526 valence electrons. The number of alkyl halides is 3. The molecule has 6 rings (SSSR count). The van der Waals surface area contributed by atoms with Crippen molar-refractivity contribution in [2.24, 2.45) is 22.4 Å². The number of aromatic amines is 2. The van der Waals surface area contributed by atoms with Crippen LogP contribution in [-0.2, 0) is 76.7 Å². The molecule has 1 unspecified atom stereocenters. The van der Waals surface area contributed by atoms with E-state index >= 15 is 0 Å². The number of phenols is 1. The average molecular weight is 1350 g/mol. The number of nitrogens with one attached hydrogen (secondary N) is 11. The molecule has 2 aromatic carbocycles. The van der Waals surface area contributed by atoms with E-state index in [0.29, 0.717) is 47.1 Å². The topological polar surface area (TPSA) is 478 Å². The number of ether oxygens (including phenoxy) is 1. The Hall–Kier alpha value is -9.86. The second-order valence-electron chi connectivity index (χ2n) is 24.4. The van der Waals surface area contributed by atoms with Crippen molar-refractivity contribution in [3.8, 4) is 5.75 Å². The molecule has 34 heteroatoms. The number of imidazole rings is 1. The van der Waals surface area contributed by atoms with Gasteiger partial charge in [-0.25, -0.2) is 9.78 Å². The number of rotatable bonds is 32. The smallest absolute Gasteiger partial charge is 0.490 e. The molecule has 10 amide bonds. The highest BCUT2D eigenvalue weighted by Crippen LogP contribution is 2.23. The fourth-order valence-electron chi connectivity index (χ4n) is 10.3. The fraction of sp³-hybridized carbons (Fsp3) is 0.532. The first kappa shape index (κ1) is 76.8. The third kappa shape index (κ3) is 24.5. The monoisotopic (exact) mass is 1350 g/mol. The van der Waals surface area contributed by atoms with Crippen LogP contribution in [-0.4, -0.2) is 205 Å². The molecule has 4 heterocycles. The molecule has 4 aromatic rings. The highest BCUT2D eigenvalue weighted by atomic mass is 19.4. The number of aliphatic carboxylic acids is 1. The Balaban J connectivity index is 0.00000225. The molecule has 96 heavy (non-hydrogen) atoms. The Labute approximate surface area is 550 Å². The van der Waals surface area contributed by atoms with Gasteiger partial charge in [0.2, 0.25) is 59.1 Å². The number of likely N-dealkylation sites (N-methyl/N-ethyl adjacent to an activating group) is 1. The van der Waals surface area contributed by atoms with Gasteiger partial charge in [-0.2, -0.15) is 13.2 Å². The van der Waals surface area contributed by atoms with Crippen LogP contribution >= 0.6 is 0 Å². The number of carbonyl (C=O) groups excluding carboxylic acids is 10. The van der Waals surface area contributed by atoms with Crippen molar-refractivity contribution < 1.29 is 86.0 Å². The van der Waals surface area contributed by atoms with E-state index in [1.54, 1.807) is 58.2 Å². The molecule has 0 saturated carbocycles. The minimum absolute atomic E-state index is 0.0578. The van der Waals surface area contributed by atoms with Crippen molar-refractivity contribution in [3.05, 3.63) is 84.1 Å². The van der Waals surface area contributed by atoms with Gasteiger partial charge in [-0.1, -0.05) is 44.2 Å². The van der Waals surface area contributed by atoms with Gasteiger partial charge in [0.1, 0.15) is 60.1 Å². The summed E-state index contributed by atoms with van der Waals surface area (Å²) in [4.78, 5) is 165. The Kier molecular flexibility index (Phi) is 28.9. The van der Waals surface area contributed by atoms with Crippen molar-refractivity contribution in [2.45, 2.75) is 172 Å². The molecule has 2 aliphatic heterocycles. The normalized spacial score (nSPS) is 16.7. The van der Waals surface area contributed by atoms with Crippen LogP contribution in [0.25, 0.3) is 10.9 Å². The largest absolute Gasteiger partial charge is 0.508 e. The first-order valence-electron chi connectivity index (χ1n) is 31.2. The van der Waals surface area contributed by atoms with Crippen LogP contribution in [0, 0.1) is 5.92 Å². The molecule has 2 aromatic heterocycles. The summed E-state index contributed by atoms with van der Waals surface area (Å²) >= 11 is 0. The molecular formula is C62H87F3N16O15. The van der Waals surface area contributed by atoms with E-state index in [-0.39, 0.29) is 93.9 Å². The number of likely N-dealkylation sites (tertiary alicyclic amines) is 1. The minimum Gasteiger partial charge on any atom is -0.508 e. The maximum Gasteiger partial charge on any atom is 0.490 e. The van der Waals surface area contributed by atoms with E-state index < -0.39 is 133 Å². The number of carboxylic acids is 1. The number of halogens is 3. The van der Waals surface area contributed by atoms with Crippen LogP contribution in [0.2, 0.25) is 0 Å².